The molecule has 0 spiro atoms. The van der Waals surface area contributed by atoms with Crippen LogP contribution in [0.15, 0.2) is 18.3 Å². The fraction of sp³-hybridized carbons (Fsp3) is 0.500. The summed E-state index contributed by atoms with van der Waals surface area (Å²) in [5, 5.41) is 8.63. The van der Waals surface area contributed by atoms with Crippen LogP contribution in [0.1, 0.15) is 24.8 Å². The van der Waals surface area contributed by atoms with E-state index >= 15 is 0 Å². The van der Waals surface area contributed by atoms with Crippen LogP contribution in [0.3, 0.4) is 0 Å². The SMILES string of the molecule is N#CCCN(c1ccc(CCl)cn1)C1CC1. The molecule has 1 aromatic heterocycles. The first-order valence-electron chi connectivity index (χ1n) is 5.49. The molecule has 1 heterocycles. The van der Waals surface area contributed by atoms with E-state index in [0.29, 0.717) is 18.3 Å². The van der Waals surface area contributed by atoms with Gasteiger partial charge in [-0.05, 0) is 24.5 Å². The maximum atomic E-state index is 8.63. The van der Waals surface area contributed by atoms with Crippen molar-refractivity contribution in [3.05, 3.63) is 23.9 Å². The lowest BCUT2D eigenvalue weighted by atomic mass is 10.3. The van der Waals surface area contributed by atoms with Crippen molar-refractivity contribution >= 4 is 17.4 Å². The molecular weight excluding hydrogens is 222 g/mol. The van der Waals surface area contributed by atoms with Crippen LogP contribution in [0.2, 0.25) is 0 Å². The molecule has 16 heavy (non-hydrogen) atoms. The van der Waals surface area contributed by atoms with Gasteiger partial charge in [0.25, 0.3) is 0 Å². The number of alkyl halides is 1. The minimum absolute atomic E-state index is 0.495. The molecule has 0 unspecified atom stereocenters. The summed E-state index contributed by atoms with van der Waals surface area (Å²) in [6, 6.07) is 6.76. The zero-order valence-electron chi connectivity index (χ0n) is 9.06. The van der Waals surface area contributed by atoms with Gasteiger partial charge in [-0.3, -0.25) is 0 Å². The molecule has 3 nitrogen and oxygen atoms in total. The van der Waals surface area contributed by atoms with E-state index in [2.05, 4.69) is 16.0 Å². The molecule has 1 saturated carbocycles. The fourth-order valence-corrected chi connectivity index (χ4v) is 1.86. The van der Waals surface area contributed by atoms with Gasteiger partial charge in [0.15, 0.2) is 0 Å². The molecule has 1 fully saturated rings. The zero-order valence-corrected chi connectivity index (χ0v) is 9.82. The Bertz CT molecular complexity index is 378. The van der Waals surface area contributed by atoms with Crippen LogP contribution < -0.4 is 4.90 Å². The number of rotatable bonds is 5. The monoisotopic (exact) mass is 235 g/mol. The van der Waals surface area contributed by atoms with Crippen molar-refractivity contribution in [2.24, 2.45) is 0 Å². The predicted octanol–water partition coefficient (Wildman–Crippen LogP) is 2.70. The van der Waals surface area contributed by atoms with Crippen LogP contribution in [0, 0.1) is 11.3 Å². The molecule has 0 aliphatic heterocycles. The van der Waals surface area contributed by atoms with Crippen molar-refractivity contribution in [3.63, 3.8) is 0 Å². The second-order valence-corrected chi connectivity index (χ2v) is 4.26. The number of pyridine rings is 1. The first-order valence-corrected chi connectivity index (χ1v) is 6.03. The standard InChI is InChI=1S/C12H14ClN3/c13-8-10-2-5-12(15-9-10)16(7-1-6-14)11-3-4-11/h2,5,9,11H,1,3-4,7-8H2. The Hall–Kier alpha value is -1.27. The molecule has 0 aromatic carbocycles. The second-order valence-electron chi connectivity index (χ2n) is 3.99. The van der Waals surface area contributed by atoms with Crippen molar-refractivity contribution in [2.75, 3.05) is 11.4 Å². The Balaban J connectivity index is 2.08. The topological polar surface area (TPSA) is 39.9 Å². The quantitative estimate of drug-likeness (QED) is 0.737. The Morgan fingerprint density at radius 2 is 2.31 bits per heavy atom. The molecule has 84 valence electrons. The number of nitrogens with zero attached hydrogens (tertiary/aromatic N) is 3. The Kier molecular flexibility index (Phi) is 3.63. The fourth-order valence-electron chi connectivity index (χ4n) is 1.71. The number of anilines is 1. The molecule has 0 bridgehead atoms. The largest absolute Gasteiger partial charge is 0.353 e. The third-order valence-corrected chi connectivity index (χ3v) is 3.02. The highest BCUT2D eigenvalue weighted by Crippen LogP contribution is 2.30. The van der Waals surface area contributed by atoms with Gasteiger partial charge in [-0.15, -0.1) is 11.6 Å². The van der Waals surface area contributed by atoms with Crippen LogP contribution in [0.5, 0.6) is 0 Å². The van der Waals surface area contributed by atoms with Crippen LogP contribution >= 0.6 is 11.6 Å². The maximum Gasteiger partial charge on any atom is 0.128 e. The summed E-state index contributed by atoms with van der Waals surface area (Å²) in [6.45, 7) is 0.772. The summed E-state index contributed by atoms with van der Waals surface area (Å²) >= 11 is 5.72. The number of hydrogen-bond acceptors (Lipinski definition) is 3. The lowest BCUT2D eigenvalue weighted by Gasteiger charge is -2.22. The summed E-state index contributed by atoms with van der Waals surface area (Å²) in [4.78, 5) is 6.62. The highest BCUT2D eigenvalue weighted by molar-refractivity contribution is 6.17. The molecule has 1 aliphatic carbocycles. The minimum atomic E-state index is 0.495. The molecule has 1 aliphatic rings. The van der Waals surface area contributed by atoms with Gasteiger partial charge in [-0.1, -0.05) is 6.07 Å². The molecule has 0 amide bonds. The molecule has 2 rings (SSSR count). The van der Waals surface area contributed by atoms with Crippen LogP contribution in [0.4, 0.5) is 5.82 Å². The normalized spacial score (nSPS) is 14.5. The van der Waals surface area contributed by atoms with Crippen LogP contribution in [-0.2, 0) is 5.88 Å². The van der Waals surface area contributed by atoms with Crippen molar-refractivity contribution < 1.29 is 0 Å². The molecule has 0 atom stereocenters. The van der Waals surface area contributed by atoms with Crippen molar-refractivity contribution in [3.8, 4) is 6.07 Å². The summed E-state index contributed by atoms with van der Waals surface area (Å²) < 4.78 is 0. The highest BCUT2D eigenvalue weighted by Gasteiger charge is 2.29. The number of nitriles is 1. The van der Waals surface area contributed by atoms with Gasteiger partial charge in [-0.2, -0.15) is 5.26 Å². The smallest absolute Gasteiger partial charge is 0.128 e. The predicted molar refractivity (Wildman–Crippen MR) is 64.4 cm³/mol. The number of halogens is 1. The van der Waals surface area contributed by atoms with E-state index in [4.69, 9.17) is 16.9 Å². The summed E-state index contributed by atoms with van der Waals surface area (Å²) in [7, 11) is 0. The summed E-state index contributed by atoms with van der Waals surface area (Å²) in [5.74, 6) is 1.46. The van der Waals surface area contributed by atoms with E-state index in [1.807, 2.05) is 18.3 Å². The van der Waals surface area contributed by atoms with E-state index in [9.17, 15) is 0 Å². The Labute approximate surface area is 101 Å². The molecule has 0 N–H and O–H groups in total. The first kappa shape index (κ1) is 11.2. The van der Waals surface area contributed by atoms with Gasteiger partial charge >= 0.3 is 0 Å². The van der Waals surface area contributed by atoms with E-state index in [-0.39, 0.29) is 0 Å². The zero-order chi connectivity index (χ0) is 11.4. The summed E-state index contributed by atoms with van der Waals surface area (Å²) in [5.41, 5.74) is 1.03. The number of hydrogen-bond donors (Lipinski definition) is 0. The van der Waals surface area contributed by atoms with Crippen molar-refractivity contribution in [1.29, 1.82) is 5.26 Å². The van der Waals surface area contributed by atoms with E-state index in [1.54, 1.807) is 0 Å². The maximum absolute atomic E-state index is 8.63. The lowest BCUT2D eigenvalue weighted by Crippen LogP contribution is -2.27. The van der Waals surface area contributed by atoms with E-state index in [1.165, 1.54) is 12.8 Å². The van der Waals surface area contributed by atoms with Gasteiger partial charge < -0.3 is 4.90 Å². The molecule has 1 aromatic rings. The van der Waals surface area contributed by atoms with Gasteiger partial charge in [0, 0.05) is 24.7 Å². The molecule has 0 saturated heterocycles. The van der Waals surface area contributed by atoms with Crippen molar-refractivity contribution in [1.82, 2.24) is 4.98 Å². The van der Waals surface area contributed by atoms with Gasteiger partial charge in [0.2, 0.25) is 0 Å². The Morgan fingerprint density at radius 1 is 1.50 bits per heavy atom. The number of aromatic nitrogens is 1. The molecule has 0 radical (unpaired) electrons. The van der Waals surface area contributed by atoms with Crippen LogP contribution in [-0.4, -0.2) is 17.6 Å². The Morgan fingerprint density at radius 3 is 2.81 bits per heavy atom. The van der Waals surface area contributed by atoms with Crippen molar-refractivity contribution in [2.45, 2.75) is 31.2 Å². The van der Waals surface area contributed by atoms with Gasteiger partial charge in [0.1, 0.15) is 5.82 Å². The summed E-state index contributed by atoms with van der Waals surface area (Å²) in [6.07, 6.45) is 4.79. The highest BCUT2D eigenvalue weighted by atomic mass is 35.5. The van der Waals surface area contributed by atoms with Crippen LogP contribution in [0.25, 0.3) is 0 Å². The molecule has 4 heteroatoms. The first-order chi connectivity index (χ1) is 7.85. The molecular formula is C12H14ClN3. The average molecular weight is 236 g/mol. The van der Waals surface area contributed by atoms with Gasteiger partial charge in [-0.25, -0.2) is 4.98 Å². The second kappa shape index (κ2) is 5.18. The van der Waals surface area contributed by atoms with E-state index < -0.39 is 0 Å². The third kappa shape index (κ3) is 2.65. The third-order valence-electron chi connectivity index (χ3n) is 2.71. The average Bonchev–Trinajstić information content (AvgIpc) is 3.15. The van der Waals surface area contributed by atoms with Gasteiger partial charge in [0.05, 0.1) is 12.5 Å². The van der Waals surface area contributed by atoms with E-state index in [0.717, 1.165) is 17.9 Å². The lowest BCUT2D eigenvalue weighted by molar-refractivity contribution is 0.777. The minimum Gasteiger partial charge on any atom is -0.353 e.